The molecule has 0 aromatic heterocycles. The van der Waals surface area contributed by atoms with Crippen LogP contribution in [0.5, 0.6) is 0 Å². The van der Waals surface area contributed by atoms with Crippen LogP contribution in [0.15, 0.2) is 18.2 Å². The Morgan fingerprint density at radius 3 is 2.90 bits per heavy atom. The van der Waals surface area contributed by atoms with Gasteiger partial charge in [-0.2, -0.15) is 0 Å². The molecule has 1 aromatic rings. The first kappa shape index (κ1) is 15.8. The van der Waals surface area contributed by atoms with E-state index in [4.69, 9.17) is 15.2 Å². The molecular weight excluding hydrogens is 268 g/mol. The Hall–Kier alpha value is -1.59. The highest BCUT2D eigenvalue weighted by molar-refractivity contribution is 5.95. The molecule has 2 rings (SSSR count). The standard InChI is InChI=1S/C16H24N2O3/c1-11-3-4-14(17)9-15(11)18-16(19)12(2)21-10-13-5-7-20-8-6-13/h3-4,9,12-13H,5-8,10,17H2,1-2H3,(H,18,19). The lowest BCUT2D eigenvalue weighted by Crippen LogP contribution is -2.31. The van der Waals surface area contributed by atoms with Crippen molar-refractivity contribution in [3.8, 4) is 0 Å². The fourth-order valence-electron chi connectivity index (χ4n) is 2.28. The lowest BCUT2D eigenvalue weighted by atomic mass is 10.0. The Bertz CT molecular complexity index is 484. The molecule has 21 heavy (non-hydrogen) atoms. The maximum atomic E-state index is 12.1. The molecule has 1 saturated heterocycles. The summed E-state index contributed by atoms with van der Waals surface area (Å²) in [6.07, 6.45) is 1.53. The zero-order valence-electron chi connectivity index (χ0n) is 12.7. The number of carbonyl (C=O) groups is 1. The van der Waals surface area contributed by atoms with E-state index in [0.29, 0.717) is 18.2 Å². The molecular formula is C16H24N2O3. The van der Waals surface area contributed by atoms with Gasteiger partial charge in [0.1, 0.15) is 6.10 Å². The molecule has 5 nitrogen and oxygen atoms in total. The van der Waals surface area contributed by atoms with Gasteiger partial charge in [0.15, 0.2) is 0 Å². The molecule has 5 heteroatoms. The number of nitrogens with one attached hydrogen (secondary N) is 1. The van der Waals surface area contributed by atoms with Crippen molar-refractivity contribution in [2.24, 2.45) is 5.92 Å². The predicted octanol–water partition coefficient (Wildman–Crippen LogP) is 2.35. The Morgan fingerprint density at radius 2 is 2.19 bits per heavy atom. The normalized spacial score (nSPS) is 17.4. The Labute approximate surface area is 125 Å². The molecule has 1 aliphatic rings. The van der Waals surface area contributed by atoms with Crippen LogP contribution in [0.3, 0.4) is 0 Å². The summed E-state index contributed by atoms with van der Waals surface area (Å²) in [5, 5.41) is 2.87. The van der Waals surface area contributed by atoms with E-state index >= 15 is 0 Å². The van der Waals surface area contributed by atoms with Crippen LogP contribution < -0.4 is 11.1 Å². The molecule has 0 aliphatic carbocycles. The van der Waals surface area contributed by atoms with Crippen molar-refractivity contribution in [2.45, 2.75) is 32.8 Å². The molecule has 0 spiro atoms. The van der Waals surface area contributed by atoms with Crippen molar-refractivity contribution in [1.82, 2.24) is 0 Å². The Balaban J connectivity index is 1.82. The molecule has 116 valence electrons. The van der Waals surface area contributed by atoms with Gasteiger partial charge >= 0.3 is 0 Å². The van der Waals surface area contributed by atoms with E-state index in [-0.39, 0.29) is 5.91 Å². The van der Waals surface area contributed by atoms with Crippen molar-refractivity contribution < 1.29 is 14.3 Å². The number of hydrogen-bond acceptors (Lipinski definition) is 4. The minimum atomic E-state index is -0.478. The van der Waals surface area contributed by atoms with E-state index < -0.39 is 6.10 Å². The SMILES string of the molecule is Cc1ccc(N)cc1NC(=O)C(C)OCC1CCOCC1. The number of nitrogens with two attached hydrogens (primary N) is 1. The predicted molar refractivity (Wildman–Crippen MR) is 83.2 cm³/mol. The minimum Gasteiger partial charge on any atom is -0.399 e. The van der Waals surface area contributed by atoms with Crippen molar-refractivity contribution in [3.63, 3.8) is 0 Å². The van der Waals surface area contributed by atoms with Crippen LogP contribution >= 0.6 is 0 Å². The van der Waals surface area contributed by atoms with Crippen LogP contribution in [0.1, 0.15) is 25.3 Å². The first-order chi connectivity index (χ1) is 10.1. The summed E-state index contributed by atoms with van der Waals surface area (Å²) in [6, 6.07) is 5.47. The van der Waals surface area contributed by atoms with Gasteiger partial charge < -0.3 is 20.5 Å². The largest absolute Gasteiger partial charge is 0.399 e. The summed E-state index contributed by atoms with van der Waals surface area (Å²) in [5.41, 5.74) is 8.09. The van der Waals surface area contributed by atoms with Gasteiger partial charge in [-0.05, 0) is 50.3 Å². The van der Waals surface area contributed by atoms with E-state index in [2.05, 4.69) is 5.32 Å². The van der Waals surface area contributed by atoms with E-state index in [1.807, 2.05) is 19.1 Å². The van der Waals surface area contributed by atoms with Gasteiger partial charge in [0.05, 0.1) is 6.61 Å². The topological polar surface area (TPSA) is 73.6 Å². The van der Waals surface area contributed by atoms with E-state index in [1.54, 1.807) is 13.0 Å². The van der Waals surface area contributed by atoms with Crippen molar-refractivity contribution in [2.75, 3.05) is 30.9 Å². The number of ether oxygens (including phenoxy) is 2. The van der Waals surface area contributed by atoms with Crippen LogP contribution in [-0.2, 0) is 14.3 Å². The molecule has 1 fully saturated rings. The zero-order valence-corrected chi connectivity index (χ0v) is 12.7. The molecule has 3 N–H and O–H groups in total. The summed E-state index contributed by atoms with van der Waals surface area (Å²) in [7, 11) is 0. The smallest absolute Gasteiger partial charge is 0.253 e. The first-order valence-corrected chi connectivity index (χ1v) is 7.42. The molecule has 1 aliphatic heterocycles. The van der Waals surface area contributed by atoms with E-state index in [9.17, 15) is 4.79 Å². The first-order valence-electron chi connectivity index (χ1n) is 7.42. The number of nitrogen functional groups attached to an aromatic ring is 1. The maximum absolute atomic E-state index is 12.1. The number of hydrogen-bond donors (Lipinski definition) is 2. The second-order valence-electron chi connectivity index (χ2n) is 5.59. The number of anilines is 2. The van der Waals surface area contributed by atoms with Gasteiger partial charge in [0.25, 0.3) is 5.91 Å². The molecule has 1 unspecified atom stereocenters. The Morgan fingerprint density at radius 1 is 1.48 bits per heavy atom. The average molecular weight is 292 g/mol. The van der Waals surface area contributed by atoms with Gasteiger partial charge in [0, 0.05) is 24.6 Å². The molecule has 1 aromatic carbocycles. The van der Waals surface area contributed by atoms with Gasteiger partial charge in [-0.25, -0.2) is 0 Å². The highest BCUT2D eigenvalue weighted by Crippen LogP contribution is 2.19. The third kappa shape index (κ3) is 4.72. The summed E-state index contributed by atoms with van der Waals surface area (Å²) in [5.74, 6) is 0.346. The third-order valence-electron chi connectivity index (χ3n) is 3.81. The second kappa shape index (κ2) is 7.43. The Kier molecular flexibility index (Phi) is 5.59. The highest BCUT2D eigenvalue weighted by atomic mass is 16.5. The van der Waals surface area contributed by atoms with Gasteiger partial charge in [0.2, 0.25) is 0 Å². The maximum Gasteiger partial charge on any atom is 0.253 e. The molecule has 0 saturated carbocycles. The summed E-state index contributed by atoms with van der Waals surface area (Å²) in [4.78, 5) is 12.1. The summed E-state index contributed by atoms with van der Waals surface area (Å²) < 4.78 is 11.0. The number of aryl methyl sites for hydroxylation is 1. The number of benzene rings is 1. The number of carbonyl (C=O) groups excluding carboxylic acids is 1. The van der Waals surface area contributed by atoms with Crippen LogP contribution in [-0.4, -0.2) is 31.8 Å². The lowest BCUT2D eigenvalue weighted by Gasteiger charge is -2.23. The van der Waals surface area contributed by atoms with E-state index in [0.717, 1.165) is 37.3 Å². The summed E-state index contributed by atoms with van der Waals surface area (Å²) in [6.45, 7) is 5.89. The monoisotopic (exact) mass is 292 g/mol. The van der Waals surface area contributed by atoms with Gasteiger partial charge in [-0.3, -0.25) is 4.79 Å². The van der Waals surface area contributed by atoms with Crippen molar-refractivity contribution >= 4 is 17.3 Å². The quantitative estimate of drug-likeness (QED) is 0.817. The third-order valence-corrected chi connectivity index (χ3v) is 3.81. The fourth-order valence-corrected chi connectivity index (χ4v) is 2.28. The fraction of sp³-hybridized carbons (Fsp3) is 0.562. The van der Waals surface area contributed by atoms with Crippen LogP contribution in [0, 0.1) is 12.8 Å². The van der Waals surface area contributed by atoms with Gasteiger partial charge in [-0.1, -0.05) is 6.07 Å². The lowest BCUT2D eigenvalue weighted by molar-refractivity contribution is -0.127. The van der Waals surface area contributed by atoms with Crippen molar-refractivity contribution in [1.29, 1.82) is 0 Å². The van der Waals surface area contributed by atoms with Crippen molar-refractivity contribution in [3.05, 3.63) is 23.8 Å². The highest BCUT2D eigenvalue weighted by Gasteiger charge is 2.19. The number of amides is 1. The zero-order chi connectivity index (χ0) is 15.2. The van der Waals surface area contributed by atoms with Crippen LogP contribution in [0.2, 0.25) is 0 Å². The molecule has 0 radical (unpaired) electrons. The van der Waals surface area contributed by atoms with Gasteiger partial charge in [-0.15, -0.1) is 0 Å². The number of rotatable bonds is 5. The average Bonchev–Trinajstić information content (AvgIpc) is 2.49. The minimum absolute atomic E-state index is 0.143. The summed E-state index contributed by atoms with van der Waals surface area (Å²) >= 11 is 0. The molecule has 1 heterocycles. The molecule has 1 amide bonds. The molecule has 1 atom stereocenters. The van der Waals surface area contributed by atoms with Crippen LogP contribution in [0.4, 0.5) is 11.4 Å². The molecule has 0 bridgehead atoms. The second-order valence-corrected chi connectivity index (χ2v) is 5.59. The van der Waals surface area contributed by atoms with E-state index in [1.165, 1.54) is 0 Å². The van der Waals surface area contributed by atoms with Crippen LogP contribution in [0.25, 0.3) is 0 Å².